The molecule has 0 aliphatic carbocycles. The number of rotatable bonds is 9. The lowest BCUT2D eigenvalue weighted by Gasteiger charge is -2.12. The number of esters is 1. The van der Waals surface area contributed by atoms with E-state index in [1.54, 1.807) is 54.6 Å². The molecule has 0 bridgehead atoms. The molecule has 0 spiro atoms. The first-order valence-electron chi connectivity index (χ1n) is 10.1. The van der Waals surface area contributed by atoms with E-state index in [1.165, 1.54) is 38.4 Å². The minimum atomic E-state index is -1.03. The van der Waals surface area contributed by atoms with Crippen molar-refractivity contribution >= 4 is 23.8 Å². The van der Waals surface area contributed by atoms with Crippen molar-refractivity contribution < 1.29 is 28.7 Å². The zero-order valence-electron chi connectivity index (χ0n) is 18.3. The molecule has 1 N–H and O–H groups in total. The second-order valence-electron chi connectivity index (χ2n) is 6.91. The number of carbonyl (C=O) groups excluding carboxylic acids is 2. The Morgan fingerprint density at radius 3 is 2.47 bits per heavy atom. The van der Waals surface area contributed by atoms with E-state index in [2.05, 4.69) is 10.5 Å². The first-order chi connectivity index (χ1) is 16.4. The minimum absolute atomic E-state index is 0.0227. The van der Waals surface area contributed by atoms with Gasteiger partial charge < -0.3 is 14.2 Å². The van der Waals surface area contributed by atoms with E-state index >= 15 is 0 Å². The molecule has 1 unspecified atom stereocenters. The lowest BCUT2D eigenvalue weighted by atomic mass is 10.2. The summed E-state index contributed by atoms with van der Waals surface area (Å²) in [7, 11) is 1.53. The average molecular weight is 463 g/mol. The van der Waals surface area contributed by atoms with Gasteiger partial charge in [0.25, 0.3) is 5.91 Å². The van der Waals surface area contributed by atoms with E-state index < -0.39 is 22.9 Å². The second kappa shape index (κ2) is 11.2. The van der Waals surface area contributed by atoms with Gasteiger partial charge in [-0.15, -0.1) is 0 Å². The highest BCUT2D eigenvalue weighted by Crippen LogP contribution is 2.26. The lowest BCUT2D eigenvalue weighted by Crippen LogP contribution is -2.33. The molecule has 174 valence electrons. The van der Waals surface area contributed by atoms with Crippen LogP contribution >= 0.6 is 0 Å². The van der Waals surface area contributed by atoms with Crippen LogP contribution in [0.3, 0.4) is 0 Å². The Morgan fingerprint density at radius 1 is 1.03 bits per heavy atom. The standard InChI is InChI=1S/C24H21N3O7/c1-16(33-22-9-4-3-8-21(22)27(30)31)23(28)26-25-15-17-6-5-7-20(14-17)34-24(29)18-10-12-19(32-2)13-11-18/h3-16H,1-2H3,(H,26,28)/b25-15+. The summed E-state index contributed by atoms with van der Waals surface area (Å²) >= 11 is 0. The average Bonchev–Trinajstić information content (AvgIpc) is 2.84. The van der Waals surface area contributed by atoms with Gasteiger partial charge >= 0.3 is 11.7 Å². The Balaban J connectivity index is 1.57. The van der Waals surface area contributed by atoms with Crippen LogP contribution in [0.4, 0.5) is 5.69 Å². The number of hydrogen-bond donors (Lipinski definition) is 1. The lowest BCUT2D eigenvalue weighted by molar-refractivity contribution is -0.386. The molecule has 10 nitrogen and oxygen atoms in total. The van der Waals surface area contributed by atoms with Crippen LogP contribution in [0, 0.1) is 10.1 Å². The van der Waals surface area contributed by atoms with Crippen molar-refractivity contribution in [3.63, 3.8) is 0 Å². The van der Waals surface area contributed by atoms with Gasteiger partial charge in [-0.3, -0.25) is 14.9 Å². The summed E-state index contributed by atoms with van der Waals surface area (Å²) in [6.45, 7) is 1.45. The molecule has 10 heteroatoms. The Morgan fingerprint density at radius 2 is 1.76 bits per heavy atom. The summed E-state index contributed by atoms with van der Waals surface area (Å²) in [6, 6.07) is 18.8. The molecule has 3 rings (SSSR count). The molecular weight excluding hydrogens is 442 g/mol. The van der Waals surface area contributed by atoms with Crippen molar-refractivity contribution in [1.29, 1.82) is 0 Å². The zero-order chi connectivity index (χ0) is 24.5. The molecule has 3 aromatic carbocycles. The number of carbonyl (C=O) groups is 2. The Hall–Kier alpha value is -4.73. The van der Waals surface area contributed by atoms with Gasteiger partial charge in [-0.05, 0) is 55.0 Å². The van der Waals surface area contributed by atoms with E-state index in [0.717, 1.165) is 0 Å². The number of hydrazone groups is 1. The monoisotopic (exact) mass is 463 g/mol. The van der Waals surface area contributed by atoms with E-state index in [1.807, 2.05) is 0 Å². The van der Waals surface area contributed by atoms with Gasteiger partial charge in [0.15, 0.2) is 11.9 Å². The first kappa shape index (κ1) is 23.9. The van der Waals surface area contributed by atoms with Gasteiger partial charge in [-0.25, -0.2) is 10.2 Å². The molecular formula is C24H21N3O7. The normalized spacial score (nSPS) is 11.5. The van der Waals surface area contributed by atoms with Crippen molar-refractivity contribution in [3.8, 4) is 17.2 Å². The van der Waals surface area contributed by atoms with Crippen LogP contribution in [0.2, 0.25) is 0 Å². The largest absolute Gasteiger partial charge is 0.497 e. The number of methoxy groups -OCH3 is 1. The molecule has 0 radical (unpaired) electrons. The molecule has 1 atom stereocenters. The van der Waals surface area contributed by atoms with Crippen LogP contribution in [0.5, 0.6) is 17.2 Å². The topological polar surface area (TPSA) is 129 Å². The fourth-order valence-electron chi connectivity index (χ4n) is 2.76. The van der Waals surface area contributed by atoms with Gasteiger partial charge in [0.2, 0.25) is 0 Å². The van der Waals surface area contributed by atoms with Gasteiger partial charge in [0.05, 0.1) is 23.8 Å². The summed E-state index contributed by atoms with van der Waals surface area (Å²) in [6.07, 6.45) is 0.329. The SMILES string of the molecule is COc1ccc(C(=O)Oc2cccc(/C=N/NC(=O)C(C)Oc3ccccc3[N+](=O)[O-])c2)cc1. The first-order valence-corrected chi connectivity index (χ1v) is 10.1. The summed E-state index contributed by atoms with van der Waals surface area (Å²) in [5.41, 5.74) is 2.99. The zero-order valence-corrected chi connectivity index (χ0v) is 18.3. The molecule has 0 saturated carbocycles. The number of nitro groups is 1. The van der Waals surface area contributed by atoms with Gasteiger partial charge in [-0.1, -0.05) is 24.3 Å². The fourth-order valence-corrected chi connectivity index (χ4v) is 2.76. The summed E-state index contributed by atoms with van der Waals surface area (Å²) in [4.78, 5) is 35.0. The predicted molar refractivity (Wildman–Crippen MR) is 123 cm³/mol. The number of amides is 1. The number of nitro benzene ring substituents is 1. The molecule has 0 aromatic heterocycles. The second-order valence-corrected chi connectivity index (χ2v) is 6.91. The minimum Gasteiger partial charge on any atom is -0.497 e. The van der Waals surface area contributed by atoms with Crippen LogP contribution in [-0.4, -0.2) is 36.2 Å². The smallest absolute Gasteiger partial charge is 0.343 e. The number of nitrogens with one attached hydrogen (secondary N) is 1. The Kier molecular flexibility index (Phi) is 7.90. The number of nitrogens with zero attached hydrogens (tertiary/aromatic N) is 2. The van der Waals surface area contributed by atoms with E-state index in [-0.39, 0.29) is 11.4 Å². The number of para-hydroxylation sites is 2. The van der Waals surface area contributed by atoms with Crippen LogP contribution < -0.4 is 19.6 Å². The van der Waals surface area contributed by atoms with Crippen LogP contribution in [0.15, 0.2) is 77.9 Å². The third kappa shape index (κ3) is 6.39. The van der Waals surface area contributed by atoms with Crippen LogP contribution in [-0.2, 0) is 4.79 Å². The van der Waals surface area contributed by atoms with Gasteiger partial charge in [0, 0.05) is 6.07 Å². The number of benzene rings is 3. The molecule has 1 amide bonds. The molecule has 0 saturated heterocycles. The molecule has 0 aliphatic heterocycles. The Labute approximate surface area is 194 Å². The third-order valence-electron chi connectivity index (χ3n) is 4.52. The molecule has 0 heterocycles. The van der Waals surface area contributed by atoms with E-state index in [0.29, 0.717) is 22.6 Å². The van der Waals surface area contributed by atoms with Crippen molar-refractivity contribution in [3.05, 3.63) is 94.0 Å². The van der Waals surface area contributed by atoms with Crippen LogP contribution in [0.1, 0.15) is 22.8 Å². The third-order valence-corrected chi connectivity index (χ3v) is 4.52. The maximum Gasteiger partial charge on any atom is 0.343 e. The molecule has 3 aromatic rings. The molecule has 34 heavy (non-hydrogen) atoms. The number of hydrogen-bond acceptors (Lipinski definition) is 8. The quantitative estimate of drug-likeness (QED) is 0.168. The van der Waals surface area contributed by atoms with Crippen molar-refractivity contribution in [2.75, 3.05) is 7.11 Å². The highest BCUT2D eigenvalue weighted by molar-refractivity contribution is 5.91. The van der Waals surface area contributed by atoms with E-state index in [4.69, 9.17) is 14.2 Å². The molecule has 0 fully saturated rings. The van der Waals surface area contributed by atoms with E-state index in [9.17, 15) is 19.7 Å². The summed E-state index contributed by atoms with van der Waals surface area (Å²) < 4.78 is 15.8. The summed E-state index contributed by atoms with van der Waals surface area (Å²) in [5, 5.41) is 14.9. The highest BCUT2D eigenvalue weighted by atomic mass is 16.6. The Bertz CT molecular complexity index is 1210. The predicted octanol–water partition coefficient (Wildman–Crippen LogP) is 3.74. The fraction of sp³-hybridized carbons (Fsp3) is 0.125. The van der Waals surface area contributed by atoms with Gasteiger partial charge in [-0.2, -0.15) is 5.10 Å². The summed E-state index contributed by atoms with van der Waals surface area (Å²) in [5.74, 6) is -0.240. The van der Waals surface area contributed by atoms with Crippen molar-refractivity contribution in [1.82, 2.24) is 5.43 Å². The van der Waals surface area contributed by atoms with Crippen molar-refractivity contribution in [2.45, 2.75) is 13.0 Å². The van der Waals surface area contributed by atoms with Crippen molar-refractivity contribution in [2.24, 2.45) is 5.10 Å². The highest BCUT2D eigenvalue weighted by Gasteiger charge is 2.20. The van der Waals surface area contributed by atoms with Crippen LogP contribution in [0.25, 0.3) is 0 Å². The molecule has 0 aliphatic rings. The maximum atomic E-state index is 12.3. The van der Waals surface area contributed by atoms with Gasteiger partial charge in [0.1, 0.15) is 11.5 Å². The maximum absolute atomic E-state index is 12.3. The number of ether oxygens (including phenoxy) is 3.